The Bertz CT molecular complexity index is 488. The fraction of sp³-hybridized carbons (Fsp3) is 0.667. The Kier molecular flexibility index (Phi) is 4.25. The molecule has 1 atom stereocenters. The van der Waals surface area contributed by atoms with Gasteiger partial charge in [-0.25, -0.2) is 9.97 Å². The Hall–Kier alpha value is -1.49. The van der Waals surface area contributed by atoms with Gasteiger partial charge in [0, 0.05) is 10.8 Å². The molecular formula is C15H25N3O2. The van der Waals surface area contributed by atoms with Gasteiger partial charge in [0.25, 0.3) is 0 Å². The Labute approximate surface area is 120 Å². The first-order valence-electron chi connectivity index (χ1n) is 6.77. The zero-order valence-electron chi connectivity index (χ0n) is 13.4. The van der Waals surface area contributed by atoms with Crippen molar-refractivity contribution in [1.82, 2.24) is 9.97 Å². The van der Waals surface area contributed by atoms with Crippen LogP contribution in [0.4, 0.5) is 0 Å². The number of ketones is 1. The van der Waals surface area contributed by atoms with Crippen LogP contribution in [0.25, 0.3) is 0 Å². The third-order valence-corrected chi connectivity index (χ3v) is 2.94. The molecule has 5 nitrogen and oxygen atoms in total. The van der Waals surface area contributed by atoms with E-state index in [1.807, 2.05) is 41.5 Å². The van der Waals surface area contributed by atoms with E-state index in [1.165, 1.54) is 0 Å². The summed E-state index contributed by atoms with van der Waals surface area (Å²) >= 11 is 0. The molecule has 0 fully saturated rings. The van der Waals surface area contributed by atoms with Crippen molar-refractivity contribution >= 4 is 5.78 Å². The van der Waals surface area contributed by atoms with E-state index in [2.05, 4.69) is 9.97 Å². The molecule has 3 N–H and O–H groups in total. The molecule has 0 radical (unpaired) electrons. The van der Waals surface area contributed by atoms with E-state index in [-0.39, 0.29) is 28.2 Å². The van der Waals surface area contributed by atoms with Gasteiger partial charge in [-0.3, -0.25) is 4.79 Å². The number of rotatable bonds is 2. The number of Topliss-reactive ketones (excluding diaryl/α,β-unsaturated/α-hetero) is 1. The van der Waals surface area contributed by atoms with Crippen LogP contribution in [0, 0.1) is 0 Å². The van der Waals surface area contributed by atoms with E-state index in [0.29, 0.717) is 11.4 Å². The van der Waals surface area contributed by atoms with Crippen molar-refractivity contribution in [3.8, 4) is 5.75 Å². The van der Waals surface area contributed by atoms with Crippen LogP contribution in [-0.4, -0.2) is 26.9 Å². The Morgan fingerprint density at radius 2 is 1.40 bits per heavy atom. The topological polar surface area (TPSA) is 89.1 Å². The SMILES string of the molecule is CC(N)C(=O)c1nc(C(C)(C)C)c(O)c(C(C)(C)C)n1. The van der Waals surface area contributed by atoms with E-state index in [0.717, 1.165) is 0 Å². The number of aromatic hydroxyl groups is 1. The third-order valence-electron chi connectivity index (χ3n) is 2.94. The van der Waals surface area contributed by atoms with Crippen molar-refractivity contribution in [2.45, 2.75) is 65.3 Å². The van der Waals surface area contributed by atoms with E-state index in [1.54, 1.807) is 6.92 Å². The van der Waals surface area contributed by atoms with E-state index in [4.69, 9.17) is 5.73 Å². The molecule has 1 rings (SSSR count). The lowest BCUT2D eigenvalue weighted by Gasteiger charge is -2.26. The predicted molar refractivity (Wildman–Crippen MR) is 79.1 cm³/mol. The minimum atomic E-state index is -0.667. The fourth-order valence-electron chi connectivity index (χ4n) is 1.81. The largest absolute Gasteiger partial charge is 0.504 e. The number of hydrogen-bond donors (Lipinski definition) is 2. The second-order valence-corrected chi connectivity index (χ2v) is 7.25. The molecule has 0 aliphatic rings. The summed E-state index contributed by atoms with van der Waals surface area (Å²) in [5.41, 5.74) is 5.80. The molecule has 1 aromatic heterocycles. The van der Waals surface area contributed by atoms with Crippen molar-refractivity contribution in [1.29, 1.82) is 0 Å². The second-order valence-electron chi connectivity index (χ2n) is 7.25. The molecule has 112 valence electrons. The second kappa shape index (κ2) is 5.13. The van der Waals surface area contributed by atoms with Gasteiger partial charge in [0.2, 0.25) is 5.78 Å². The quantitative estimate of drug-likeness (QED) is 0.811. The first-order valence-corrected chi connectivity index (χ1v) is 6.77. The maximum absolute atomic E-state index is 12.1. The van der Waals surface area contributed by atoms with Gasteiger partial charge in [0.05, 0.1) is 17.4 Å². The zero-order chi connectivity index (χ0) is 15.9. The van der Waals surface area contributed by atoms with Crippen molar-refractivity contribution < 1.29 is 9.90 Å². The van der Waals surface area contributed by atoms with Gasteiger partial charge in [-0.1, -0.05) is 41.5 Å². The van der Waals surface area contributed by atoms with Gasteiger partial charge in [0.15, 0.2) is 11.6 Å². The van der Waals surface area contributed by atoms with Crippen LogP contribution in [0.5, 0.6) is 5.75 Å². The first kappa shape index (κ1) is 16.6. The smallest absolute Gasteiger partial charge is 0.216 e. The van der Waals surface area contributed by atoms with Crippen molar-refractivity contribution in [3.05, 3.63) is 17.2 Å². The van der Waals surface area contributed by atoms with Crippen molar-refractivity contribution in [2.75, 3.05) is 0 Å². The summed E-state index contributed by atoms with van der Waals surface area (Å²) in [6, 6.07) is -0.667. The summed E-state index contributed by atoms with van der Waals surface area (Å²) in [5, 5.41) is 10.4. The minimum absolute atomic E-state index is 0.0613. The van der Waals surface area contributed by atoms with Gasteiger partial charge in [-0.15, -0.1) is 0 Å². The van der Waals surface area contributed by atoms with Gasteiger partial charge in [-0.05, 0) is 6.92 Å². The van der Waals surface area contributed by atoms with Gasteiger partial charge in [0.1, 0.15) is 0 Å². The van der Waals surface area contributed by atoms with Crippen molar-refractivity contribution in [2.24, 2.45) is 5.73 Å². The van der Waals surface area contributed by atoms with E-state index < -0.39 is 6.04 Å². The molecule has 0 aliphatic heterocycles. The Balaban J connectivity index is 3.63. The molecule has 5 heteroatoms. The van der Waals surface area contributed by atoms with Crippen LogP contribution < -0.4 is 5.73 Å². The monoisotopic (exact) mass is 279 g/mol. The van der Waals surface area contributed by atoms with Crippen LogP contribution in [0.15, 0.2) is 0 Å². The molecule has 20 heavy (non-hydrogen) atoms. The van der Waals surface area contributed by atoms with E-state index in [9.17, 15) is 9.90 Å². The summed E-state index contributed by atoms with van der Waals surface area (Å²) in [6.45, 7) is 13.2. The molecular weight excluding hydrogens is 254 g/mol. The normalized spacial score (nSPS) is 14.2. The highest BCUT2D eigenvalue weighted by Gasteiger charge is 2.31. The van der Waals surface area contributed by atoms with Gasteiger partial charge >= 0.3 is 0 Å². The number of nitrogens with zero attached hydrogens (tertiary/aromatic N) is 2. The molecule has 0 saturated heterocycles. The number of aromatic nitrogens is 2. The highest BCUT2D eigenvalue weighted by atomic mass is 16.3. The lowest BCUT2D eigenvalue weighted by atomic mass is 9.85. The van der Waals surface area contributed by atoms with Crippen LogP contribution in [0.3, 0.4) is 0 Å². The number of carbonyl (C=O) groups excluding carboxylic acids is 1. The van der Waals surface area contributed by atoms with Crippen LogP contribution in [-0.2, 0) is 10.8 Å². The highest BCUT2D eigenvalue weighted by Crippen LogP contribution is 2.36. The van der Waals surface area contributed by atoms with Crippen LogP contribution in [0.2, 0.25) is 0 Å². The summed E-state index contributed by atoms with van der Waals surface area (Å²) in [4.78, 5) is 20.6. The zero-order valence-corrected chi connectivity index (χ0v) is 13.4. The maximum Gasteiger partial charge on any atom is 0.216 e. The average molecular weight is 279 g/mol. The standard InChI is InChI=1S/C15H25N3O2/c1-8(16)9(19)13-17-11(14(2,3)4)10(20)12(18-13)15(5,6)7/h8,20H,16H2,1-7H3. The molecule has 0 saturated carbocycles. The number of carbonyl (C=O) groups is 1. The molecule has 1 aromatic rings. The lowest BCUT2D eigenvalue weighted by molar-refractivity contribution is 0.0956. The van der Waals surface area contributed by atoms with Gasteiger partial charge in [-0.2, -0.15) is 0 Å². The molecule has 0 bridgehead atoms. The molecule has 1 unspecified atom stereocenters. The summed E-state index contributed by atoms with van der Waals surface area (Å²) in [5.74, 6) is -0.181. The summed E-state index contributed by atoms with van der Waals surface area (Å²) in [6.07, 6.45) is 0. The number of nitrogens with two attached hydrogens (primary N) is 1. The van der Waals surface area contributed by atoms with Crippen LogP contribution in [0.1, 0.15) is 70.5 Å². The molecule has 0 aliphatic carbocycles. The summed E-state index contributed by atoms with van der Waals surface area (Å²) in [7, 11) is 0. The average Bonchev–Trinajstić information content (AvgIpc) is 2.24. The molecule has 1 heterocycles. The molecule has 0 amide bonds. The number of hydrogen-bond acceptors (Lipinski definition) is 5. The summed E-state index contributed by atoms with van der Waals surface area (Å²) < 4.78 is 0. The lowest BCUT2D eigenvalue weighted by Crippen LogP contribution is -2.31. The minimum Gasteiger partial charge on any atom is -0.504 e. The first-order chi connectivity index (χ1) is 8.85. The van der Waals surface area contributed by atoms with E-state index >= 15 is 0 Å². The fourth-order valence-corrected chi connectivity index (χ4v) is 1.81. The third kappa shape index (κ3) is 3.33. The van der Waals surface area contributed by atoms with Crippen molar-refractivity contribution in [3.63, 3.8) is 0 Å². The molecule has 0 aromatic carbocycles. The Morgan fingerprint density at radius 1 is 1.05 bits per heavy atom. The van der Waals surface area contributed by atoms with Crippen LogP contribution >= 0.6 is 0 Å². The maximum atomic E-state index is 12.1. The Morgan fingerprint density at radius 3 is 1.65 bits per heavy atom. The molecule has 0 spiro atoms. The predicted octanol–water partition coefficient (Wildman–Crippen LogP) is 2.31. The van der Waals surface area contributed by atoms with Gasteiger partial charge < -0.3 is 10.8 Å². The highest BCUT2D eigenvalue weighted by molar-refractivity contribution is 5.96.